The molecule has 1 aromatic heterocycles. The molecule has 0 radical (unpaired) electrons. The molecule has 8 heteroatoms. The third-order valence-corrected chi connectivity index (χ3v) is 3.87. The van der Waals surface area contributed by atoms with Gasteiger partial charge in [0, 0.05) is 19.8 Å². The van der Waals surface area contributed by atoms with Gasteiger partial charge in [0.05, 0.1) is 12.1 Å². The van der Waals surface area contributed by atoms with Crippen molar-refractivity contribution in [2.45, 2.75) is 45.4 Å². The Hall–Kier alpha value is -2.09. The molecular formula is C15H24N4O4. The SMILES string of the molecule is Cn1c(=O)[nH]cc(N2CCCC(C(=O)OC(C)(C)C)[C@@H]2N)c1=O. The van der Waals surface area contributed by atoms with Gasteiger partial charge in [-0.15, -0.1) is 0 Å². The van der Waals surface area contributed by atoms with Crippen LogP contribution in [0.5, 0.6) is 0 Å². The molecule has 1 fully saturated rings. The number of nitrogens with one attached hydrogen (secondary N) is 1. The van der Waals surface area contributed by atoms with Gasteiger partial charge in [0.15, 0.2) is 0 Å². The molecule has 1 aliphatic heterocycles. The molecule has 8 nitrogen and oxygen atoms in total. The quantitative estimate of drug-likeness (QED) is 0.736. The van der Waals surface area contributed by atoms with Gasteiger partial charge in [-0.3, -0.25) is 14.2 Å². The van der Waals surface area contributed by atoms with Crippen LogP contribution in [0.4, 0.5) is 5.69 Å². The zero-order valence-electron chi connectivity index (χ0n) is 14.0. The molecule has 2 rings (SSSR count). The van der Waals surface area contributed by atoms with Crippen molar-refractivity contribution < 1.29 is 9.53 Å². The number of rotatable bonds is 2. The summed E-state index contributed by atoms with van der Waals surface area (Å²) in [5.74, 6) is -0.879. The van der Waals surface area contributed by atoms with Crippen molar-refractivity contribution >= 4 is 11.7 Å². The van der Waals surface area contributed by atoms with Gasteiger partial charge in [0.1, 0.15) is 11.3 Å². The maximum absolute atomic E-state index is 12.3. The summed E-state index contributed by atoms with van der Waals surface area (Å²) >= 11 is 0. The summed E-state index contributed by atoms with van der Waals surface area (Å²) in [5.41, 5.74) is 4.98. The Labute approximate surface area is 134 Å². The summed E-state index contributed by atoms with van der Waals surface area (Å²) in [7, 11) is 1.39. The van der Waals surface area contributed by atoms with Gasteiger partial charge < -0.3 is 20.4 Å². The van der Waals surface area contributed by atoms with E-state index in [1.807, 2.05) is 0 Å². The van der Waals surface area contributed by atoms with E-state index in [4.69, 9.17) is 10.5 Å². The van der Waals surface area contributed by atoms with Crippen molar-refractivity contribution in [1.29, 1.82) is 0 Å². The second kappa shape index (κ2) is 6.19. The van der Waals surface area contributed by atoms with Gasteiger partial charge in [-0.2, -0.15) is 0 Å². The highest BCUT2D eigenvalue weighted by Crippen LogP contribution is 2.26. The number of esters is 1. The van der Waals surface area contributed by atoms with E-state index >= 15 is 0 Å². The van der Waals surface area contributed by atoms with Crippen LogP contribution in [0.2, 0.25) is 0 Å². The van der Waals surface area contributed by atoms with Crippen LogP contribution < -0.4 is 21.9 Å². The third-order valence-electron chi connectivity index (χ3n) is 3.87. The number of carbonyl (C=O) groups excluding carboxylic acids is 1. The summed E-state index contributed by atoms with van der Waals surface area (Å²) in [6, 6.07) is 0. The molecule has 2 atom stereocenters. The molecule has 0 bridgehead atoms. The molecule has 128 valence electrons. The summed E-state index contributed by atoms with van der Waals surface area (Å²) in [5, 5.41) is 0. The van der Waals surface area contributed by atoms with Gasteiger partial charge >= 0.3 is 11.7 Å². The van der Waals surface area contributed by atoms with Crippen LogP contribution in [0.3, 0.4) is 0 Å². The molecular weight excluding hydrogens is 300 g/mol. The van der Waals surface area contributed by atoms with Crippen LogP contribution in [0, 0.1) is 5.92 Å². The van der Waals surface area contributed by atoms with E-state index in [1.54, 1.807) is 25.7 Å². The van der Waals surface area contributed by atoms with Crippen molar-refractivity contribution in [3.8, 4) is 0 Å². The Kier molecular flexibility index (Phi) is 4.65. The van der Waals surface area contributed by atoms with E-state index in [1.165, 1.54) is 13.2 Å². The number of anilines is 1. The van der Waals surface area contributed by atoms with Crippen LogP contribution in [-0.2, 0) is 16.6 Å². The maximum Gasteiger partial charge on any atom is 0.328 e. The van der Waals surface area contributed by atoms with Crippen LogP contribution in [0.15, 0.2) is 15.8 Å². The van der Waals surface area contributed by atoms with Crippen molar-refractivity contribution in [3.05, 3.63) is 27.0 Å². The Morgan fingerprint density at radius 3 is 2.65 bits per heavy atom. The highest BCUT2D eigenvalue weighted by molar-refractivity contribution is 5.74. The lowest BCUT2D eigenvalue weighted by molar-refractivity contribution is -0.161. The molecule has 1 aliphatic rings. The average molecular weight is 324 g/mol. The second-order valence-electron chi connectivity index (χ2n) is 6.81. The number of carbonyl (C=O) groups is 1. The first-order valence-corrected chi connectivity index (χ1v) is 7.65. The monoisotopic (exact) mass is 324 g/mol. The molecule has 0 saturated carbocycles. The molecule has 1 aromatic rings. The predicted octanol–water partition coefficient (Wildman–Crippen LogP) is -0.0835. The lowest BCUT2D eigenvalue weighted by atomic mass is 9.94. The number of nitrogens with two attached hydrogens (primary N) is 1. The number of aromatic nitrogens is 2. The number of aromatic amines is 1. The number of H-pyrrole nitrogens is 1. The lowest BCUT2D eigenvalue weighted by Crippen LogP contribution is -2.56. The minimum Gasteiger partial charge on any atom is -0.460 e. The number of piperidine rings is 1. The molecule has 0 aliphatic carbocycles. The first-order chi connectivity index (χ1) is 10.6. The Bertz CT molecular complexity index is 701. The Balaban J connectivity index is 2.29. The van der Waals surface area contributed by atoms with E-state index in [2.05, 4.69) is 4.98 Å². The second-order valence-corrected chi connectivity index (χ2v) is 6.81. The summed E-state index contributed by atoms with van der Waals surface area (Å²) in [4.78, 5) is 40.2. The van der Waals surface area contributed by atoms with Crippen molar-refractivity contribution in [2.24, 2.45) is 18.7 Å². The van der Waals surface area contributed by atoms with Gasteiger partial charge in [-0.1, -0.05) is 0 Å². The predicted molar refractivity (Wildman–Crippen MR) is 86.2 cm³/mol. The minimum atomic E-state index is -0.669. The summed E-state index contributed by atoms with van der Waals surface area (Å²) < 4.78 is 6.40. The van der Waals surface area contributed by atoms with E-state index < -0.39 is 28.9 Å². The number of hydrogen-bond donors (Lipinski definition) is 2. The molecule has 0 spiro atoms. The van der Waals surface area contributed by atoms with Gasteiger partial charge in [-0.25, -0.2) is 4.79 Å². The fourth-order valence-corrected chi connectivity index (χ4v) is 2.69. The molecule has 1 saturated heterocycles. The molecule has 1 unspecified atom stereocenters. The van der Waals surface area contributed by atoms with Crippen molar-refractivity contribution in [2.75, 3.05) is 11.4 Å². The smallest absolute Gasteiger partial charge is 0.328 e. The van der Waals surface area contributed by atoms with E-state index in [0.29, 0.717) is 19.4 Å². The summed E-state index contributed by atoms with van der Waals surface area (Å²) in [6.45, 7) is 5.94. The largest absolute Gasteiger partial charge is 0.460 e. The summed E-state index contributed by atoms with van der Waals surface area (Å²) in [6.07, 6.45) is 2.00. The van der Waals surface area contributed by atoms with Crippen LogP contribution in [-0.4, -0.2) is 33.8 Å². The van der Waals surface area contributed by atoms with Gasteiger partial charge in [0.2, 0.25) is 0 Å². The zero-order valence-corrected chi connectivity index (χ0v) is 14.0. The zero-order chi connectivity index (χ0) is 17.4. The molecule has 0 amide bonds. The van der Waals surface area contributed by atoms with Gasteiger partial charge in [-0.05, 0) is 33.6 Å². The number of hydrogen-bond acceptors (Lipinski definition) is 6. The molecule has 3 N–H and O–H groups in total. The third kappa shape index (κ3) is 3.64. The molecule has 0 aromatic carbocycles. The number of nitrogens with zero attached hydrogens (tertiary/aromatic N) is 2. The standard InChI is InChI=1S/C15H24N4O4/c1-15(2,3)23-13(21)9-6-5-7-19(11(9)16)10-8-17-14(22)18(4)12(10)20/h8-9,11H,5-7,16H2,1-4H3,(H,17,22)/t9?,11-/m1/s1. The topological polar surface area (TPSA) is 110 Å². The first-order valence-electron chi connectivity index (χ1n) is 7.65. The fourth-order valence-electron chi connectivity index (χ4n) is 2.69. The lowest BCUT2D eigenvalue weighted by Gasteiger charge is -2.39. The average Bonchev–Trinajstić information content (AvgIpc) is 2.44. The Morgan fingerprint density at radius 2 is 2.04 bits per heavy atom. The Morgan fingerprint density at radius 1 is 1.39 bits per heavy atom. The van der Waals surface area contributed by atoms with E-state index in [9.17, 15) is 14.4 Å². The molecule has 2 heterocycles. The van der Waals surface area contributed by atoms with E-state index in [0.717, 1.165) is 4.57 Å². The van der Waals surface area contributed by atoms with Gasteiger partial charge in [0.25, 0.3) is 5.56 Å². The van der Waals surface area contributed by atoms with Crippen molar-refractivity contribution in [1.82, 2.24) is 9.55 Å². The van der Waals surface area contributed by atoms with Crippen LogP contribution in [0.1, 0.15) is 33.6 Å². The van der Waals surface area contributed by atoms with Crippen LogP contribution >= 0.6 is 0 Å². The highest BCUT2D eigenvalue weighted by atomic mass is 16.6. The van der Waals surface area contributed by atoms with Crippen molar-refractivity contribution in [3.63, 3.8) is 0 Å². The van der Waals surface area contributed by atoms with Crippen LogP contribution in [0.25, 0.3) is 0 Å². The highest BCUT2D eigenvalue weighted by Gasteiger charge is 2.37. The molecule has 23 heavy (non-hydrogen) atoms. The maximum atomic E-state index is 12.3. The first kappa shape index (κ1) is 17.3. The minimum absolute atomic E-state index is 0.285. The normalized spacial score (nSPS) is 22.0. The fraction of sp³-hybridized carbons (Fsp3) is 0.667. The van der Waals surface area contributed by atoms with E-state index in [-0.39, 0.29) is 11.7 Å². The number of ether oxygens (including phenoxy) is 1.